The first-order valence-corrected chi connectivity index (χ1v) is 5.08. The van der Waals surface area contributed by atoms with E-state index in [1.807, 2.05) is 24.3 Å². The van der Waals surface area contributed by atoms with Gasteiger partial charge in [0.05, 0.1) is 3.79 Å². The van der Waals surface area contributed by atoms with Gasteiger partial charge in [-0.1, -0.05) is 31.4 Å². The van der Waals surface area contributed by atoms with E-state index in [1.54, 1.807) is 17.4 Å². The van der Waals surface area contributed by atoms with Crippen molar-refractivity contribution in [3.05, 3.63) is 52.2 Å². The van der Waals surface area contributed by atoms with E-state index in [9.17, 15) is 0 Å². The third-order valence-corrected chi connectivity index (χ3v) is 3.02. The number of hydrogen-bond donors (Lipinski definition) is 0. The van der Waals surface area contributed by atoms with Gasteiger partial charge in [0.2, 0.25) is 0 Å². The summed E-state index contributed by atoms with van der Waals surface area (Å²) in [6.45, 7) is 7.53. The monoisotopic (exact) mass is 240 g/mol. The third kappa shape index (κ3) is 2.47. The van der Waals surface area contributed by atoms with E-state index >= 15 is 0 Å². The summed E-state index contributed by atoms with van der Waals surface area (Å²) in [5, 5.41) is 0. The Kier molecular flexibility index (Phi) is 3.50. The van der Waals surface area contributed by atoms with Gasteiger partial charge in [0.25, 0.3) is 0 Å². The second-order valence-electron chi connectivity index (χ2n) is 2.22. The van der Waals surface area contributed by atoms with Gasteiger partial charge in [0.1, 0.15) is 0 Å². The Morgan fingerprint density at radius 3 is 2.75 bits per heavy atom. The molecular formula is C10H9BrS. The Labute approximate surface area is 85.1 Å². The van der Waals surface area contributed by atoms with Crippen molar-refractivity contribution in [2.75, 3.05) is 0 Å². The van der Waals surface area contributed by atoms with Crippen molar-refractivity contribution in [2.45, 2.75) is 0 Å². The number of rotatable bonds is 3. The third-order valence-electron chi connectivity index (χ3n) is 1.32. The molecule has 0 aliphatic carbocycles. The maximum absolute atomic E-state index is 3.93. The standard InChI is InChI=1S/C10H9BrS/c1-3-4-5-8(2)9-6-7-10(11)12-9/h3-7H,1-2H2/b5-4-. The Hall–Kier alpha value is -0.600. The normalized spacial score (nSPS) is 10.4. The quantitative estimate of drug-likeness (QED) is 0.693. The lowest BCUT2D eigenvalue weighted by molar-refractivity contribution is 1.85. The van der Waals surface area contributed by atoms with Crippen LogP contribution in [0.2, 0.25) is 0 Å². The number of thiophene rings is 1. The average Bonchev–Trinajstić information content (AvgIpc) is 2.47. The van der Waals surface area contributed by atoms with Crippen LogP contribution in [0.25, 0.3) is 5.57 Å². The molecule has 0 saturated carbocycles. The maximum atomic E-state index is 3.93. The minimum atomic E-state index is 1.02. The minimum Gasteiger partial charge on any atom is -0.128 e. The van der Waals surface area contributed by atoms with Crippen LogP contribution in [0, 0.1) is 0 Å². The van der Waals surface area contributed by atoms with Crippen LogP contribution in [0.3, 0.4) is 0 Å². The highest BCUT2D eigenvalue weighted by Crippen LogP contribution is 2.27. The molecule has 0 N–H and O–H groups in total. The predicted octanol–water partition coefficient (Wildman–Crippen LogP) is 4.27. The molecule has 1 aromatic heterocycles. The minimum absolute atomic E-state index is 1.02. The summed E-state index contributed by atoms with van der Waals surface area (Å²) < 4.78 is 1.13. The fourth-order valence-corrected chi connectivity index (χ4v) is 2.09. The molecule has 0 spiro atoms. The van der Waals surface area contributed by atoms with Crippen LogP contribution in [-0.4, -0.2) is 0 Å². The molecule has 0 bridgehead atoms. The van der Waals surface area contributed by atoms with Crippen molar-refractivity contribution in [2.24, 2.45) is 0 Å². The number of allylic oxidation sites excluding steroid dienone is 4. The van der Waals surface area contributed by atoms with E-state index in [4.69, 9.17) is 0 Å². The van der Waals surface area contributed by atoms with Crippen LogP contribution in [0.5, 0.6) is 0 Å². The SMILES string of the molecule is C=C/C=C\C(=C)c1ccc(Br)s1. The van der Waals surface area contributed by atoms with Crippen LogP contribution in [0.15, 0.2) is 47.3 Å². The van der Waals surface area contributed by atoms with Crippen molar-refractivity contribution in [1.82, 2.24) is 0 Å². The van der Waals surface area contributed by atoms with Crippen LogP contribution >= 0.6 is 27.3 Å². The van der Waals surface area contributed by atoms with Crippen LogP contribution in [0.4, 0.5) is 0 Å². The second-order valence-corrected chi connectivity index (χ2v) is 4.69. The van der Waals surface area contributed by atoms with Crippen LogP contribution < -0.4 is 0 Å². The molecule has 0 aliphatic heterocycles. The summed E-state index contributed by atoms with van der Waals surface area (Å²) in [6.07, 6.45) is 5.58. The van der Waals surface area contributed by atoms with Crippen molar-refractivity contribution in [1.29, 1.82) is 0 Å². The zero-order valence-electron chi connectivity index (χ0n) is 6.59. The average molecular weight is 241 g/mol. The van der Waals surface area contributed by atoms with Crippen molar-refractivity contribution in [3.63, 3.8) is 0 Å². The summed E-state index contributed by atoms with van der Waals surface area (Å²) >= 11 is 5.08. The Balaban J connectivity index is 2.78. The summed E-state index contributed by atoms with van der Waals surface area (Å²) in [7, 11) is 0. The smallest absolute Gasteiger partial charge is 0.0705 e. The Bertz CT molecular complexity index is 320. The molecule has 2 heteroatoms. The highest BCUT2D eigenvalue weighted by Gasteiger charge is 1.97. The molecular weight excluding hydrogens is 232 g/mol. The Morgan fingerprint density at radius 2 is 2.25 bits per heavy atom. The van der Waals surface area contributed by atoms with E-state index in [2.05, 4.69) is 29.1 Å². The molecule has 0 aromatic carbocycles. The molecule has 0 nitrogen and oxygen atoms in total. The molecule has 0 amide bonds. The van der Waals surface area contributed by atoms with Crippen LogP contribution in [0.1, 0.15) is 4.88 Å². The molecule has 0 radical (unpaired) electrons. The second kappa shape index (κ2) is 4.43. The summed E-state index contributed by atoms with van der Waals surface area (Å²) in [5.41, 5.74) is 1.02. The summed E-state index contributed by atoms with van der Waals surface area (Å²) in [4.78, 5) is 1.18. The van der Waals surface area contributed by atoms with Gasteiger partial charge in [-0.25, -0.2) is 0 Å². The van der Waals surface area contributed by atoms with E-state index in [-0.39, 0.29) is 0 Å². The lowest BCUT2D eigenvalue weighted by atomic mass is 10.2. The zero-order chi connectivity index (χ0) is 8.97. The lowest BCUT2D eigenvalue weighted by Crippen LogP contribution is -1.67. The van der Waals surface area contributed by atoms with Gasteiger partial charge in [0, 0.05) is 4.88 Å². The van der Waals surface area contributed by atoms with Gasteiger partial charge in [0.15, 0.2) is 0 Å². The molecule has 1 rings (SSSR count). The molecule has 0 atom stereocenters. The molecule has 1 heterocycles. The fourth-order valence-electron chi connectivity index (χ4n) is 0.753. The van der Waals surface area contributed by atoms with E-state index in [0.29, 0.717) is 0 Å². The first-order valence-electron chi connectivity index (χ1n) is 3.48. The van der Waals surface area contributed by atoms with Gasteiger partial charge in [-0.2, -0.15) is 0 Å². The van der Waals surface area contributed by atoms with Crippen molar-refractivity contribution >= 4 is 32.8 Å². The highest BCUT2D eigenvalue weighted by atomic mass is 79.9. The first kappa shape index (κ1) is 9.49. The fraction of sp³-hybridized carbons (Fsp3) is 0. The summed E-state index contributed by atoms with van der Waals surface area (Å²) in [5.74, 6) is 0. The van der Waals surface area contributed by atoms with E-state index < -0.39 is 0 Å². The topological polar surface area (TPSA) is 0 Å². The highest BCUT2D eigenvalue weighted by molar-refractivity contribution is 9.11. The number of hydrogen-bond acceptors (Lipinski definition) is 1. The van der Waals surface area contributed by atoms with Crippen LogP contribution in [-0.2, 0) is 0 Å². The van der Waals surface area contributed by atoms with E-state index in [0.717, 1.165) is 9.36 Å². The largest absolute Gasteiger partial charge is 0.128 e. The zero-order valence-corrected chi connectivity index (χ0v) is 8.99. The Morgan fingerprint density at radius 1 is 1.50 bits per heavy atom. The van der Waals surface area contributed by atoms with Crippen molar-refractivity contribution in [3.8, 4) is 0 Å². The van der Waals surface area contributed by atoms with Gasteiger partial charge in [-0.15, -0.1) is 11.3 Å². The molecule has 0 unspecified atom stereocenters. The predicted molar refractivity (Wildman–Crippen MR) is 60.4 cm³/mol. The molecule has 0 saturated heterocycles. The molecule has 0 fully saturated rings. The molecule has 12 heavy (non-hydrogen) atoms. The van der Waals surface area contributed by atoms with Gasteiger partial charge < -0.3 is 0 Å². The van der Waals surface area contributed by atoms with Gasteiger partial charge in [-0.3, -0.25) is 0 Å². The number of halogens is 1. The first-order chi connectivity index (χ1) is 5.74. The molecule has 62 valence electrons. The molecule has 1 aromatic rings. The lowest BCUT2D eigenvalue weighted by Gasteiger charge is -1.91. The maximum Gasteiger partial charge on any atom is 0.0705 e. The summed E-state index contributed by atoms with van der Waals surface area (Å²) in [6, 6.07) is 4.07. The van der Waals surface area contributed by atoms with Gasteiger partial charge in [-0.05, 0) is 33.6 Å². The molecule has 0 aliphatic rings. The van der Waals surface area contributed by atoms with Gasteiger partial charge >= 0.3 is 0 Å². The van der Waals surface area contributed by atoms with E-state index in [1.165, 1.54) is 4.88 Å². The van der Waals surface area contributed by atoms with Crippen molar-refractivity contribution < 1.29 is 0 Å².